The van der Waals surface area contributed by atoms with Crippen LogP contribution in [0.1, 0.15) is 12.0 Å². The maximum absolute atomic E-state index is 8.81. The molecule has 0 spiro atoms. The molecular weight excluding hydrogens is 266 g/mol. The fourth-order valence-corrected chi connectivity index (χ4v) is 2.51. The van der Waals surface area contributed by atoms with Crippen LogP contribution < -0.4 is 14.4 Å². The number of hydrogen-bond acceptors (Lipinski definition) is 5. The summed E-state index contributed by atoms with van der Waals surface area (Å²) in [5.41, 5.74) is 1.95. The van der Waals surface area contributed by atoms with Crippen molar-refractivity contribution < 1.29 is 9.47 Å². The first-order valence-corrected chi connectivity index (χ1v) is 6.96. The average Bonchev–Trinajstić information content (AvgIpc) is 2.49. The summed E-state index contributed by atoms with van der Waals surface area (Å²) >= 11 is 0. The van der Waals surface area contributed by atoms with E-state index in [1.807, 2.05) is 31.1 Å². The van der Waals surface area contributed by atoms with E-state index in [4.69, 9.17) is 19.7 Å². The van der Waals surface area contributed by atoms with Gasteiger partial charge in [-0.3, -0.25) is 0 Å². The minimum Gasteiger partial charge on any atom is -0.486 e. The van der Waals surface area contributed by atoms with Crippen molar-refractivity contribution in [3.05, 3.63) is 23.8 Å². The molecule has 0 saturated carbocycles. The zero-order chi connectivity index (χ0) is 14.8. The van der Waals surface area contributed by atoms with E-state index in [0.717, 1.165) is 33.8 Å². The van der Waals surface area contributed by atoms with E-state index in [1.54, 1.807) is 0 Å². The van der Waals surface area contributed by atoms with Crippen LogP contribution in [0.2, 0.25) is 0 Å². The van der Waals surface area contributed by atoms with E-state index in [-0.39, 0.29) is 0 Å². The van der Waals surface area contributed by atoms with Crippen LogP contribution >= 0.6 is 0 Å². The minimum atomic E-state index is 0.485. The van der Waals surface area contributed by atoms with Gasteiger partial charge < -0.3 is 14.4 Å². The largest absolute Gasteiger partial charge is 0.486 e. The van der Waals surface area contributed by atoms with E-state index in [2.05, 4.69) is 12.1 Å². The van der Waals surface area contributed by atoms with Crippen molar-refractivity contribution in [2.75, 3.05) is 32.2 Å². The molecule has 0 radical (unpaired) electrons. The van der Waals surface area contributed by atoms with Gasteiger partial charge in [0.05, 0.1) is 11.6 Å². The van der Waals surface area contributed by atoms with Crippen LogP contribution in [0.4, 0.5) is 5.82 Å². The molecule has 1 aromatic carbocycles. The smallest absolute Gasteiger partial charge is 0.163 e. The lowest BCUT2D eigenvalue weighted by Crippen LogP contribution is -2.16. The van der Waals surface area contributed by atoms with Crippen LogP contribution in [0, 0.1) is 11.3 Å². The van der Waals surface area contributed by atoms with Crippen LogP contribution in [-0.2, 0) is 6.42 Å². The number of benzene rings is 1. The molecule has 0 amide bonds. The molecular formula is C16H17N3O2. The highest BCUT2D eigenvalue weighted by atomic mass is 16.6. The Bertz CT molecular complexity index is 720. The highest BCUT2D eigenvalue weighted by Crippen LogP contribution is 2.35. The number of aromatic nitrogens is 1. The van der Waals surface area contributed by atoms with Crippen LogP contribution in [0.5, 0.6) is 11.5 Å². The van der Waals surface area contributed by atoms with Crippen molar-refractivity contribution in [2.45, 2.75) is 12.8 Å². The molecule has 0 fully saturated rings. The molecule has 0 saturated heterocycles. The fraction of sp³-hybridized carbons (Fsp3) is 0.375. The first-order chi connectivity index (χ1) is 10.2. The maximum atomic E-state index is 8.81. The zero-order valence-electron chi connectivity index (χ0n) is 12.2. The van der Waals surface area contributed by atoms with Gasteiger partial charge in [0.15, 0.2) is 11.5 Å². The molecule has 0 N–H and O–H groups in total. The number of aryl methyl sites for hydroxylation is 1. The van der Waals surface area contributed by atoms with Crippen molar-refractivity contribution in [3.63, 3.8) is 0 Å². The molecule has 0 unspecified atom stereocenters. The summed E-state index contributed by atoms with van der Waals surface area (Å²) in [6, 6.07) is 8.17. The summed E-state index contributed by atoms with van der Waals surface area (Å²) in [7, 11) is 3.92. The first-order valence-electron chi connectivity index (χ1n) is 6.96. The predicted octanol–water partition coefficient (Wildman–Crippen LogP) is 2.53. The van der Waals surface area contributed by atoms with Crippen molar-refractivity contribution in [1.29, 1.82) is 5.26 Å². The third kappa shape index (κ3) is 2.57. The van der Waals surface area contributed by atoms with Crippen LogP contribution in [0.15, 0.2) is 18.2 Å². The summed E-state index contributed by atoms with van der Waals surface area (Å²) in [6.07, 6.45) is 1.18. The second kappa shape index (κ2) is 5.49. The van der Waals surface area contributed by atoms with Crippen LogP contribution in [0.25, 0.3) is 10.9 Å². The maximum Gasteiger partial charge on any atom is 0.163 e. The van der Waals surface area contributed by atoms with Gasteiger partial charge in [-0.05, 0) is 24.1 Å². The molecule has 0 aliphatic carbocycles. The van der Waals surface area contributed by atoms with E-state index >= 15 is 0 Å². The summed E-state index contributed by atoms with van der Waals surface area (Å²) in [4.78, 5) is 6.69. The van der Waals surface area contributed by atoms with Crippen molar-refractivity contribution in [3.8, 4) is 17.6 Å². The van der Waals surface area contributed by atoms with Gasteiger partial charge in [0.1, 0.15) is 19.0 Å². The number of ether oxygens (including phenoxy) is 2. The van der Waals surface area contributed by atoms with Crippen molar-refractivity contribution in [2.24, 2.45) is 0 Å². The van der Waals surface area contributed by atoms with Gasteiger partial charge in [-0.15, -0.1) is 0 Å². The molecule has 1 aliphatic heterocycles. The second-order valence-corrected chi connectivity index (χ2v) is 5.21. The second-order valence-electron chi connectivity index (χ2n) is 5.21. The normalized spacial score (nSPS) is 13.0. The van der Waals surface area contributed by atoms with E-state index in [1.165, 1.54) is 0 Å². The SMILES string of the molecule is CN(C)c1nc2cc3c(cc2cc1CCC#N)OCCO3. The quantitative estimate of drug-likeness (QED) is 0.866. The summed E-state index contributed by atoms with van der Waals surface area (Å²) in [5, 5.41) is 9.82. The molecule has 5 nitrogen and oxygen atoms in total. The third-order valence-electron chi connectivity index (χ3n) is 3.46. The van der Waals surface area contributed by atoms with Crippen molar-refractivity contribution in [1.82, 2.24) is 4.98 Å². The summed E-state index contributed by atoms with van der Waals surface area (Å²) in [6.45, 7) is 1.14. The van der Waals surface area contributed by atoms with Crippen LogP contribution in [0.3, 0.4) is 0 Å². The van der Waals surface area contributed by atoms with Crippen molar-refractivity contribution >= 4 is 16.7 Å². The zero-order valence-corrected chi connectivity index (χ0v) is 12.2. The highest BCUT2D eigenvalue weighted by molar-refractivity contribution is 5.85. The molecule has 1 aliphatic rings. The number of nitrogens with zero attached hydrogens (tertiary/aromatic N) is 3. The third-order valence-corrected chi connectivity index (χ3v) is 3.46. The molecule has 108 valence electrons. The Labute approximate surface area is 123 Å². The topological polar surface area (TPSA) is 58.4 Å². The minimum absolute atomic E-state index is 0.485. The lowest BCUT2D eigenvalue weighted by molar-refractivity contribution is 0.172. The molecule has 0 bridgehead atoms. The Hall–Kier alpha value is -2.48. The highest BCUT2D eigenvalue weighted by Gasteiger charge is 2.15. The number of pyridine rings is 1. The van der Waals surface area contributed by atoms with Gasteiger partial charge in [0.25, 0.3) is 0 Å². The van der Waals surface area contributed by atoms with Crippen LogP contribution in [-0.4, -0.2) is 32.3 Å². The van der Waals surface area contributed by atoms with Gasteiger partial charge >= 0.3 is 0 Å². The molecule has 5 heteroatoms. The molecule has 1 aromatic heterocycles. The lowest BCUT2D eigenvalue weighted by Gasteiger charge is -2.20. The summed E-state index contributed by atoms with van der Waals surface area (Å²) in [5.74, 6) is 2.41. The fourth-order valence-electron chi connectivity index (χ4n) is 2.51. The Morgan fingerprint density at radius 2 is 1.90 bits per heavy atom. The number of nitriles is 1. The molecule has 21 heavy (non-hydrogen) atoms. The van der Waals surface area contributed by atoms with Gasteiger partial charge in [-0.25, -0.2) is 4.98 Å². The number of hydrogen-bond donors (Lipinski definition) is 0. The summed E-state index contributed by atoms with van der Waals surface area (Å²) < 4.78 is 11.2. The average molecular weight is 283 g/mol. The van der Waals surface area contributed by atoms with Gasteiger partial charge in [-0.2, -0.15) is 5.26 Å². The standard InChI is InChI=1S/C16H17N3O2/c1-19(2)16-11(4-3-5-17)8-12-9-14-15(10-13(12)18-16)21-7-6-20-14/h8-10H,3-4,6-7H2,1-2H3. The molecule has 0 atom stereocenters. The number of rotatable bonds is 3. The molecule has 2 aromatic rings. The molecule has 2 heterocycles. The van der Waals surface area contributed by atoms with E-state index in [9.17, 15) is 0 Å². The Morgan fingerprint density at radius 1 is 1.19 bits per heavy atom. The molecule has 3 rings (SSSR count). The number of fused-ring (bicyclic) bond motifs is 2. The van der Waals surface area contributed by atoms with E-state index in [0.29, 0.717) is 26.1 Å². The Kier molecular flexibility index (Phi) is 3.53. The van der Waals surface area contributed by atoms with Gasteiger partial charge in [0, 0.05) is 32.0 Å². The monoisotopic (exact) mass is 283 g/mol. The predicted molar refractivity (Wildman–Crippen MR) is 81.0 cm³/mol. The van der Waals surface area contributed by atoms with Gasteiger partial charge in [0.2, 0.25) is 0 Å². The van der Waals surface area contributed by atoms with Gasteiger partial charge in [-0.1, -0.05) is 0 Å². The lowest BCUT2D eigenvalue weighted by atomic mass is 10.1. The van der Waals surface area contributed by atoms with E-state index < -0.39 is 0 Å². The Morgan fingerprint density at radius 3 is 2.57 bits per heavy atom. The first kappa shape index (κ1) is 13.5. The Balaban J connectivity index is 2.13. The number of anilines is 1.